The molecule has 0 bridgehead atoms. The molecule has 6 nitrogen and oxygen atoms in total. The number of aromatic nitrogens is 2. The van der Waals surface area contributed by atoms with Crippen LogP contribution >= 0.6 is 23.1 Å². The minimum atomic E-state index is -0.490. The fourth-order valence-electron chi connectivity index (χ4n) is 3.43. The molecule has 2 aromatic heterocycles. The first kappa shape index (κ1) is 20.1. The maximum Gasteiger partial charge on any atom is 0.318 e. The van der Waals surface area contributed by atoms with Crippen molar-refractivity contribution in [2.24, 2.45) is 0 Å². The normalized spacial score (nSPS) is 16.4. The average Bonchev–Trinajstić information content (AvgIpc) is 3.04. The number of carbonyl (C=O) groups excluding carboxylic acids is 1. The van der Waals surface area contributed by atoms with Crippen LogP contribution in [0.2, 0.25) is 0 Å². The van der Waals surface area contributed by atoms with Crippen molar-refractivity contribution in [1.82, 2.24) is 9.55 Å². The van der Waals surface area contributed by atoms with E-state index in [9.17, 15) is 9.59 Å². The first-order chi connectivity index (χ1) is 13.8. The number of rotatable bonds is 4. The molecule has 1 atom stereocenters. The van der Waals surface area contributed by atoms with E-state index in [0.29, 0.717) is 28.4 Å². The van der Waals surface area contributed by atoms with Gasteiger partial charge >= 0.3 is 5.97 Å². The van der Waals surface area contributed by atoms with Crippen molar-refractivity contribution in [2.75, 3.05) is 7.11 Å². The lowest BCUT2D eigenvalue weighted by molar-refractivity contribution is -0.139. The Bertz CT molecular complexity index is 1140. The van der Waals surface area contributed by atoms with Crippen molar-refractivity contribution in [3.8, 4) is 5.69 Å². The predicted molar refractivity (Wildman–Crippen MR) is 115 cm³/mol. The van der Waals surface area contributed by atoms with Crippen LogP contribution in [0, 0.1) is 0 Å². The van der Waals surface area contributed by atoms with Crippen LogP contribution in [-0.4, -0.2) is 33.5 Å². The molecular weight excluding hydrogens is 408 g/mol. The number of hydrogen-bond donors (Lipinski definition) is 0. The summed E-state index contributed by atoms with van der Waals surface area (Å²) in [5.74, 6) is -0.357. The fourth-order valence-corrected chi connectivity index (χ4v) is 5.53. The number of para-hydroxylation sites is 1. The van der Waals surface area contributed by atoms with Gasteiger partial charge in [0.05, 0.1) is 30.4 Å². The van der Waals surface area contributed by atoms with E-state index >= 15 is 0 Å². The van der Waals surface area contributed by atoms with E-state index in [1.807, 2.05) is 44.2 Å². The number of thiophene rings is 1. The second kappa shape index (κ2) is 7.59. The molecular formula is C21H22N2O4S2. The van der Waals surface area contributed by atoms with Crippen LogP contribution in [-0.2, 0) is 27.3 Å². The number of ether oxygens (including phenoxy) is 2. The Morgan fingerprint density at radius 3 is 2.76 bits per heavy atom. The fraction of sp³-hybridized carbons (Fsp3) is 0.381. The quantitative estimate of drug-likeness (QED) is 0.355. The standard InChI is InChI=1S/C21H22N2O4S2/c1-12(19(25)26-4)28-20-22-17-16(14-10-21(2,3)27-11-15(14)29-17)18(24)23(20)13-8-6-5-7-9-13/h5-9,12H,10-11H2,1-4H3/t12-/m0/s1. The summed E-state index contributed by atoms with van der Waals surface area (Å²) < 4.78 is 12.4. The molecule has 0 unspecified atom stereocenters. The van der Waals surface area contributed by atoms with Crippen molar-refractivity contribution >= 4 is 39.3 Å². The van der Waals surface area contributed by atoms with E-state index in [1.54, 1.807) is 11.5 Å². The first-order valence-electron chi connectivity index (χ1n) is 9.32. The lowest BCUT2D eigenvalue weighted by Crippen LogP contribution is -2.32. The SMILES string of the molecule is COC(=O)[C@H](C)Sc1nc2sc3c(c2c(=O)n1-c1ccccc1)CC(C)(C)OC3. The second-order valence-corrected chi connectivity index (χ2v) is 9.95. The molecule has 0 radical (unpaired) electrons. The van der Waals surface area contributed by atoms with Gasteiger partial charge in [-0.25, -0.2) is 4.98 Å². The van der Waals surface area contributed by atoms with E-state index in [-0.39, 0.29) is 17.1 Å². The van der Waals surface area contributed by atoms with Crippen molar-refractivity contribution < 1.29 is 14.3 Å². The number of carbonyl (C=O) groups is 1. The van der Waals surface area contributed by atoms with Crippen LogP contribution in [0.4, 0.5) is 0 Å². The van der Waals surface area contributed by atoms with Gasteiger partial charge in [0, 0.05) is 11.3 Å². The molecule has 0 aliphatic carbocycles. The Morgan fingerprint density at radius 1 is 1.34 bits per heavy atom. The minimum Gasteiger partial charge on any atom is -0.468 e. The zero-order valence-corrected chi connectivity index (χ0v) is 18.4. The van der Waals surface area contributed by atoms with Crippen LogP contribution in [0.1, 0.15) is 31.2 Å². The summed E-state index contributed by atoms with van der Waals surface area (Å²) in [6.07, 6.45) is 0.666. The zero-order chi connectivity index (χ0) is 20.8. The number of nitrogens with zero attached hydrogens (tertiary/aromatic N) is 2. The molecule has 1 aromatic carbocycles. The van der Waals surface area contributed by atoms with Crippen molar-refractivity contribution in [1.29, 1.82) is 0 Å². The maximum absolute atomic E-state index is 13.7. The van der Waals surface area contributed by atoms with E-state index < -0.39 is 5.25 Å². The number of esters is 1. The lowest BCUT2D eigenvalue weighted by Gasteiger charge is -2.29. The molecule has 152 valence electrons. The van der Waals surface area contributed by atoms with Crippen LogP contribution < -0.4 is 5.56 Å². The zero-order valence-electron chi connectivity index (χ0n) is 16.7. The van der Waals surface area contributed by atoms with Crippen LogP contribution in [0.25, 0.3) is 15.9 Å². The van der Waals surface area contributed by atoms with Gasteiger partial charge < -0.3 is 9.47 Å². The van der Waals surface area contributed by atoms with Gasteiger partial charge in [-0.3, -0.25) is 14.2 Å². The van der Waals surface area contributed by atoms with Gasteiger partial charge in [0.25, 0.3) is 5.56 Å². The van der Waals surface area contributed by atoms with Gasteiger partial charge in [-0.15, -0.1) is 11.3 Å². The minimum absolute atomic E-state index is 0.115. The van der Waals surface area contributed by atoms with E-state index in [2.05, 4.69) is 0 Å². The third kappa shape index (κ3) is 3.72. The summed E-state index contributed by atoms with van der Waals surface area (Å²) in [5, 5.41) is 0.641. The molecule has 0 spiro atoms. The summed E-state index contributed by atoms with van der Waals surface area (Å²) in [7, 11) is 1.36. The maximum atomic E-state index is 13.7. The Morgan fingerprint density at radius 2 is 2.07 bits per heavy atom. The molecule has 8 heteroatoms. The van der Waals surface area contributed by atoms with E-state index in [0.717, 1.165) is 16.1 Å². The van der Waals surface area contributed by atoms with Crippen LogP contribution in [0.3, 0.4) is 0 Å². The predicted octanol–water partition coefficient (Wildman–Crippen LogP) is 3.95. The number of benzene rings is 1. The summed E-state index contributed by atoms with van der Waals surface area (Å²) in [5.41, 5.74) is 1.31. The molecule has 4 rings (SSSR count). The van der Waals surface area contributed by atoms with E-state index in [4.69, 9.17) is 14.5 Å². The Hall–Kier alpha value is -2.16. The highest BCUT2D eigenvalue weighted by atomic mass is 32.2. The van der Waals surface area contributed by atoms with Crippen molar-refractivity contribution in [3.05, 3.63) is 51.1 Å². The van der Waals surface area contributed by atoms with Crippen LogP contribution in [0.15, 0.2) is 40.3 Å². The molecule has 0 amide bonds. The summed E-state index contributed by atoms with van der Waals surface area (Å²) in [6, 6.07) is 9.40. The highest BCUT2D eigenvalue weighted by Gasteiger charge is 2.32. The number of hydrogen-bond acceptors (Lipinski definition) is 7. The van der Waals surface area contributed by atoms with Crippen LogP contribution in [0.5, 0.6) is 0 Å². The van der Waals surface area contributed by atoms with Gasteiger partial charge in [0.15, 0.2) is 5.16 Å². The molecule has 0 N–H and O–H groups in total. The largest absolute Gasteiger partial charge is 0.468 e. The third-order valence-corrected chi connectivity index (χ3v) is 7.03. The monoisotopic (exact) mass is 430 g/mol. The van der Waals surface area contributed by atoms with Crippen molar-refractivity contribution in [3.63, 3.8) is 0 Å². The Kier molecular flexibility index (Phi) is 5.27. The summed E-state index contributed by atoms with van der Waals surface area (Å²) in [6.45, 7) is 6.29. The highest BCUT2D eigenvalue weighted by molar-refractivity contribution is 8.00. The van der Waals surface area contributed by atoms with E-state index in [1.165, 1.54) is 30.2 Å². The average molecular weight is 431 g/mol. The number of fused-ring (bicyclic) bond motifs is 3. The molecule has 3 aromatic rings. The van der Waals surface area contributed by atoms with Crippen molar-refractivity contribution in [2.45, 2.75) is 49.8 Å². The number of methoxy groups -OCH3 is 1. The summed E-state index contributed by atoms with van der Waals surface area (Å²) in [4.78, 5) is 32.2. The lowest BCUT2D eigenvalue weighted by atomic mass is 9.94. The summed E-state index contributed by atoms with van der Waals surface area (Å²) >= 11 is 2.72. The van der Waals surface area contributed by atoms with Gasteiger partial charge in [0.2, 0.25) is 0 Å². The molecule has 0 fully saturated rings. The molecule has 1 aliphatic rings. The Labute approximate surface area is 176 Å². The molecule has 0 saturated heterocycles. The topological polar surface area (TPSA) is 70.4 Å². The molecule has 29 heavy (non-hydrogen) atoms. The second-order valence-electron chi connectivity index (χ2n) is 7.56. The smallest absolute Gasteiger partial charge is 0.318 e. The molecule has 0 saturated carbocycles. The Balaban J connectivity index is 1.95. The molecule has 3 heterocycles. The molecule has 1 aliphatic heterocycles. The van der Waals surface area contributed by atoms with Gasteiger partial charge in [-0.05, 0) is 38.5 Å². The van der Waals surface area contributed by atoms with Gasteiger partial charge in [-0.2, -0.15) is 0 Å². The first-order valence-corrected chi connectivity index (χ1v) is 11.0. The highest BCUT2D eigenvalue weighted by Crippen LogP contribution is 2.38. The van der Waals surface area contributed by atoms with Gasteiger partial charge in [0.1, 0.15) is 10.1 Å². The third-order valence-electron chi connectivity index (χ3n) is 4.90. The van der Waals surface area contributed by atoms with Gasteiger partial charge in [-0.1, -0.05) is 30.0 Å². The number of thioether (sulfide) groups is 1.